The van der Waals surface area contributed by atoms with Crippen molar-refractivity contribution in [3.8, 4) is 0 Å². The summed E-state index contributed by atoms with van der Waals surface area (Å²) in [6.07, 6.45) is 5.72. The topological polar surface area (TPSA) is 90.0 Å². The lowest BCUT2D eigenvalue weighted by atomic mass is 10.2. The van der Waals surface area contributed by atoms with E-state index in [9.17, 15) is 8.42 Å². The third kappa shape index (κ3) is 3.74. The molecule has 7 heteroatoms. The monoisotopic (exact) mass is 294 g/mol. The Morgan fingerprint density at radius 1 is 1.40 bits per heavy atom. The van der Waals surface area contributed by atoms with Crippen LogP contribution in [0.2, 0.25) is 0 Å². The number of aryl methyl sites for hydroxylation is 1. The molecule has 3 N–H and O–H groups in total. The number of sulfone groups is 1. The van der Waals surface area contributed by atoms with Crippen LogP contribution in [0.5, 0.6) is 0 Å². The highest BCUT2D eigenvalue weighted by Gasteiger charge is 2.09. The quantitative estimate of drug-likeness (QED) is 0.620. The maximum Gasteiger partial charge on any atom is 0.175 e. The number of benzene rings is 1. The molecule has 1 aromatic carbocycles. The number of nitrogens with one attached hydrogen (secondary N) is 1. The lowest BCUT2D eigenvalue weighted by Crippen LogP contribution is -2.09. The predicted molar refractivity (Wildman–Crippen MR) is 79.3 cm³/mol. The van der Waals surface area contributed by atoms with Crippen molar-refractivity contribution in [2.75, 3.05) is 23.9 Å². The van der Waals surface area contributed by atoms with Gasteiger partial charge in [-0.25, -0.2) is 8.42 Å². The summed E-state index contributed by atoms with van der Waals surface area (Å²) in [5, 5.41) is 7.31. The van der Waals surface area contributed by atoms with Crippen LogP contribution in [0.4, 0.5) is 11.4 Å². The smallest absolute Gasteiger partial charge is 0.175 e. The van der Waals surface area contributed by atoms with Crippen LogP contribution in [-0.2, 0) is 16.4 Å². The van der Waals surface area contributed by atoms with Gasteiger partial charge in [0.1, 0.15) is 0 Å². The fourth-order valence-electron chi connectivity index (χ4n) is 1.83. The third-order valence-electron chi connectivity index (χ3n) is 2.89. The third-order valence-corrected chi connectivity index (χ3v) is 4.00. The second-order valence-electron chi connectivity index (χ2n) is 4.57. The second-order valence-corrected chi connectivity index (χ2v) is 6.59. The van der Waals surface area contributed by atoms with E-state index in [1.54, 1.807) is 18.3 Å². The summed E-state index contributed by atoms with van der Waals surface area (Å²) >= 11 is 0. The van der Waals surface area contributed by atoms with Gasteiger partial charge in [-0.2, -0.15) is 5.10 Å². The van der Waals surface area contributed by atoms with Gasteiger partial charge in [0.15, 0.2) is 9.84 Å². The van der Waals surface area contributed by atoms with Crippen LogP contribution in [0.1, 0.15) is 6.42 Å². The molecular weight excluding hydrogens is 276 g/mol. The van der Waals surface area contributed by atoms with Crippen LogP contribution in [-0.4, -0.2) is 31.0 Å². The molecule has 0 aliphatic heterocycles. The van der Waals surface area contributed by atoms with E-state index >= 15 is 0 Å². The summed E-state index contributed by atoms with van der Waals surface area (Å²) in [4.78, 5) is 0.233. The molecule has 2 aromatic rings. The summed E-state index contributed by atoms with van der Waals surface area (Å²) in [5.74, 6) is 0. The summed E-state index contributed by atoms with van der Waals surface area (Å²) < 4.78 is 24.7. The zero-order chi connectivity index (χ0) is 14.6. The number of aromatic nitrogens is 2. The lowest BCUT2D eigenvalue weighted by molar-refractivity contribution is 0.592. The molecule has 0 aliphatic carbocycles. The zero-order valence-electron chi connectivity index (χ0n) is 11.3. The van der Waals surface area contributed by atoms with Gasteiger partial charge < -0.3 is 11.1 Å². The molecule has 20 heavy (non-hydrogen) atoms. The Labute approximate surface area is 118 Å². The second kappa shape index (κ2) is 5.96. The maximum absolute atomic E-state index is 11.4. The SMILES string of the molecule is CS(=O)(=O)c1ccc(NCCCn2cccn2)c(N)c1. The number of nitrogen functional groups attached to an aromatic ring is 1. The number of anilines is 2. The van der Waals surface area contributed by atoms with Gasteiger partial charge in [0, 0.05) is 31.7 Å². The molecular formula is C13H18N4O2S. The molecule has 0 bridgehead atoms. The van der Waals surface area contributed by atoms with Crippen molar-refractivity contribution in [2.45, 2.75) is 17.9 Å². The van der Waals surface area contributed by atoms with E-state index in [2.05, 4.69) is 10.4 Å². The minimum Gasteiger partial charge on any atom is -0.397 e. The minimum atomic E-state index is -3.22. The van der Waals surface area contributed by atoms with Crippen LogP contribution in [0.25, 0.3) is 0 Å². The highest BCUT2D eigenvalue weighted by Crippen LogP contribution is 2.22. The molecule has 108 valence electrons. The van der Waals surface area contributed by atoms with Gasteiger partial charge in [-0.3, -0.25) is 4.68 Å². The summed E-state index contributed by atoms with van der Waals surface area (Å²) in [6.45, 7) is 1.56. The first kappa shape index (κ1) is 14.4. The van der Waals surface area contributed by atoms with Crippen molar-refractivity contribution < 1.29 is 8.42 Å². The number of nitrogens with zero attached hydrogens (tertiary/aromatic N) is 2. The number of hydrogen-bond acceptors (Lipinski definition) is 5. The van der Waals surface area contributed by atoms with E-state index in [1.165, 1.54) is 12.3 Å². The summed E-state index contributed by atoms with van der Waals surface area (Å²) in [6, 6.07) is 6.61. The van der Waals surface area contributed by atoms with Crippen molar-refractivity contribution in [2.24, 2.45) is 0 Å². The number of rotatable bonds is 6. The van der Waals surface area contributed by atoms with Crippen LogP contribution < -0.4 is 11.1 Å². The molecule has 0 aliphatic rings. The Morgan fingerprint density at radius 2 is 2.20 bits per heavy atom. The van der Waals surface area contributed by atoms with E-state index in [0.717, 1.165) is 25.2 Å². The zero-order valence-corrected chi connectivity index (χ0v) is 12.1. The van der Waals surface area contributed by atoms with Gasteiger partial charge in [-0.05, 0) is 30.7 Å². The normalized spacial score (nSPS) is 11.4. The average molecular weight is 294 g/mol. The van der Waals surface area contributed by atoms with Gasteiger partial charge in [0.2, 0.25) is 0 Å². The predicted octanol–water partition coefficient (Wildman–Crippen LogP) is 1.37. The molecule has 0 spiro atoms. The molecule has 0 atom stereocenters. The molecule has 1 heterocycles. The van der Waals surface area contributed by atoms with Crippen molar-refractivity contribution in [3.05, 3.63) is 36.7 Å². The standard InChI is InChI=1S/C13H18N4O2S/c1-20(18,19)11-4-5-13(12(14)10-11)15-6-2-8-17-9-3-7-16-17/h3-5,7,9-10,15H,2,6,8,14H2,1H3. The fraction of sp³-hybridized carbons (Fsp3) is 0.308. The van der Waals surface area contributed by atoms with Crippen LogP contribution in [0, 0.1) is 0 Å². The number of nitrogens with two attached hydrogens (primary N) is 1. The van der Waals surface area contributed by atoms with Crippen molar-refractivity contribution in [3.63, 3.8) is 0 Å². The van der Waals surface area contributed by atoms with Gasteiger partial charge in [0.05, 0.1) is 16.3 Å². The Morgan fingerprint density at radius 3 is 2.80 bits per heavy atom. The van der Waals surface area contributed by atoms with Crippen molar-refractivity contribution in [1.29, 1.82) is 0 Å². The largest absolute Gasteiger partial charge is 0.397 e. The first-order valence-corrected chi connectivity index (χ1v) is 8.17. The maximum atomic E-state index is 11.4. The van der Waals surface area contributed by atoms with Crippen LogP contribution in [0.3, 0.4) is 0 Å². The Balaban J connectivity index is 1.90. The van der Waals surface area contributed by atoms with Crippen molar-refractivity contribution in [1.82, 2.24) is 9.78 Å². The van der Waals surface area contributed by atoms with E-state index in [4.69, 9.17) is 5.73 Å². The summed E-state index contributed by atoms with van der Waals surface area (Å²) in [7, 11) is -3.22. The first-order valence-electron chi connectivity index (χ1n) is 6.28. The van der Waals surface area contributed by atoms with E-state index in [-0.39, 0.29) is 4.90 Å². The van der Waals surface area contributed by atoms with E-state index in [0.29, 0.717) is 5.69 Å². The van der Waals surface area contributed by atoms with Gasteiger partial charge in [-0.1, -0.05) is 0 Å². The molecule has 1 aromatic heterocycles. The highest BCUT2D eigenvalue weighted by molar-refractivity contribution is 7.90. The van der Waals surface area contributed by atoms with E-state index < -0.39 is 9.84 Å². The molecule has 0 saturated carbocycles. The van der Waals surface area contributed by atoms with E-state index in [1.807, 2.05) is 16.9 Å². The summed E-state index contributed by atoms with van der Waals surface area (Å²) in [5.41, 5.74) is 7.04. The fourth-order valence-corrected chi connectivity index (χ4v) is 2.49. The average Bonchev–Trinajstić information content (AvgIpc) is 2.88. The highest BCUT2D eigenvalue weighted by atomic mass is 32.2. The van der Waals surface area contributed by atoms with Crippen LogP contribution in [0.15, 0.2) is 41.6 Å². The molecule has 0 radical (unpaired) electrons. The number of hydrogen-bond donors (Lipinski definition) is 2. The molecule has 0 amide bonds. The minimum absolute atomic E-state index is 0.233. The Kier molecular flexibility index (Phi) is 4.29. The molecule has 0 unspecified atom stereocenters. The first-order chi connectivity index (χ1) is 9.47. The molecule has 2 rings (SSSR count). The van der Waals surface area contributed by atoms with Gasteiger partial charge >= 0.3 is 0 Å². The Hall–Kier alpha value is -2.02. The van der Waals surface area contributed by atoms with Crippen molar-refractivity contribution >= 4 is 21.2 Å². The Bertz CT molecular complexity index is 666. The van der Waals surface area contributed by atoms with Gasteiger partial charge in [0.25, 0.3) is 0 Å². The molecule has 0 fully saturated rings. The van der Waals surface area contributed by atoms with Gasteiger partial charge in [-0.15, -0.1) is 0 Å². The van der Waals surface area contributed by atoms with Crippen LogP contribution >= 0.6 is 0 Å². The molecule has 0 saturated heterocycles. The molecule has 6 nitrogen and oxygen atoms in total. The lowest BCUT2D eigenvalue weighted by Gasteiger charge is -2.10.